The number of para-hydroxylation sites is 3. The second kappa shape index (κ2) is 10.9. The van der Waals surface area contributed by atoms with Gasteiger partial charge in [-0.25, -0.2) is 0 Å². The average Bonchev–Trinajstić information content (AvgIpc) is 3.22. The minimum absolute atomic E-state index is 0.0261. The molecule has 0 radical (unpaired) electrons. The van der Waals surface area contributed by atoms with E-state index in [-0.39, 0.29) is 17.7 Å². The summed E-state index contributed by atoms with van der Waals surface area (Å²) in [4.78, 5) is 12.3. The second-order valence-electron chi connectivity index (χ2n) is 7.09. The summed E-state index contributed by atoms with van der Waals surface area (Å²) in [5.74, 6) is 2.15. The summed E-state index contributed by atoms with van der Waals surface area (Å²) in [6, 6.07) is 17.4. The Morgan fingerprint density at radius 2 is 1.74 bits per heavy atom. The Labute approximate surface area is 187 Å². The zero-order valence-corrected chi connectivity index (χ0v) is 19.1. The zero-order valence-electron chi connectivity index (χ0n) is 18.2. The number of aromatic nitrogens is 3. The highest BCUT2D eigenvalue weighted by Crippen LogP contribution is 2.32. The van der Waals surface area contributed by atoms with Crippen molar-refractivity contribution in [3.05, 3.63) is 60.4 Å². The third-order valence-electron chi connectivity index (χ3n) is 4.76. The zero-order chi connectivity index (χ0) is 22.2. The summed E-state index contributed by atoms with van der Waals surface area (Å²) in [7, 11) is 1.61. The van der Waals surface area contributed by atoms with Gasteiger partial charge in [0.15, 0.2) is 28.6 Å². The minimum atomic E-state index is -0.396. The van der Waals surface area contributed by atoms with Crippen LogP contribution in [-0.2, 0) is 4.79 Å². The molecule has 3 aromatic rings. The number of hydrogen-bond donors (Lipinski definition) is 1. The lowest BCUT2D eigenvalue weighted by Gasteiger charge is -2.18. The molecule has 3 rings (SSSR count). The molecular formula is C23H28N4O3S. The first-order chi connectivity index (χ1) is 15.0. The van der Waals surface area contributed by atoms with Gasteiger partial charge in [0.25, 0.3) is 0 Å². The molecule has 1 heterocycles. The number of rotatable bonds is 10. The third-order valence-corrected chi connectivity index (χ3v) is 5.69. The van der Waals surface area contributed by atoms with Crippen molar-refractivity contribution in [3.8, 4) is 17.2 Å². The van der Waals surface area contributed by atoms with Crippen LogP contribution in [0.3, 0.4) is 0 Å². The van der Waals surface area contributed by atoms with Crippen LogP contribution in [0.25, 0.3) is 5.69 Å². The molecule has 2 atom stereocenters. The van der Waals surface area contributed by atoms with Gasteiger partial charge in [-0.3, -0.25) is 9.36 Å². The molecule has 0 aliphatic rings. The Kier molecular flexibility index (Phi) is 7.94. The summed E-state index contributed by atoms with van der Waals surface area (Å²) in [5, 5.41) is 12.4. The molecular weight excluding hydrogens is 412 g/mol. The van der Waals surface area contributed by atoms with Crippen molar-refractivity contribution in [1.29, 1.82) is 0 Å². The largest absolute Gasteiger partial charge is 0.493 e. The summed E-state index contributed by atoms with van der Waals surface area (Å²) in [6.45, 7) is 5.95. The Hall–Kier alpha value is -3.00. The SMILES string of the molecule is CCC(C)NC(=O)CSc1nnc(C(C)Oc2ccccc2OC)n1-c1ccccc1. The summed E-state index contributed by atoms with van der Waals surface area (Å²) in [5.41, 5.74) is 0.905. The van der Waals surface area contributed by atoms with Gasteiger partial charge in [0.1, 0.15) is 0 Å². The third kappa shape index (κ3) is 5.79. The van der Waals surface area contributed by atoms with Gasteiger partial charge in [-0.2, -0.15) is 0 Å². The van der Waals surface area contributed by atoms with E-state index in [2.05, 4.69) is 15.5 Å². The van der Waals surface area contributed by atoms with Gasteiger partial charge in [0.2, 0.25) is 5.91 Å². The van der Waals surface area contributed by atoms with E-state index < -0.39 is 6.10 Å². The molecule has 0 saturated heterocycles. The Bertz CT molecular complexity index is 993. The van der Waals surface area contributed by atoms with E-state index in [0.717, 1.165) is 12.1 Å². The van der Waals surface area contributed by atoms with E-state index in [1.165, 1.54) is 11.8 Å². The number of ether oxygens (including phenoxy) is 2. The van der Waals surface area contributed by atoms with E-state index in [4.69, 9.17) is 9.47 Å². The van der Waals surface area contributed by atoms with Gasteiger partial charge in [-0.1, -0.05) is 49.0 Å². The molecule has 0 bridgehead atoms. The lowest BCUT2D eigenvalue weighted by molar-refractivity contribution is -0.119. The van der Waals surface area contributed by atoms with Gasteiger partial charge in [0.05, 0.1) is 12.9 Å². The predicted octanol–water partition coefficient (Wildman–Crippen LogP) is 4.42. The van der Waals surface area contributed by atoms with Crippen molar-refractivity contribution < 1.29 is 14.3 Å². The van der Waals surface area contributed by atoms with Crippen molar-refractivity contribution >= 4 is 17.7 Å². The number of amides is 1. The molecule has 31 heavy (non-hydrogen) atoms. The molecule has 164 valence electrons. The van der Waals surface area contributed by atoms with Crippen molar-refractivity contribution in [2.24, 2.45) is 0 Å². The molecule has 0 fully saturated rings. The van der Waals surface area contributed by atoms with Crippen molar-refractivity contribution in [2.45, 2.75) is 44.5 Å². The van der Waals surface area contributed by atoms with Gasteiger partial charge < -0.3 is 14.8 Å². The average molecular weight is 441 g/mol. The molecule has 1 N–H and O–H groups in total. The van der Waals surface area contributed by atoms with Crippen LogP contribution in [0.2, 0.25) is 0 Å². The molecule has 1 amide bonds. The van der Waals surface area contributed by atoms with E-state index in [0.29, 0.717) is 22.5 Å². The highest BCUT2D eigenvalue weighted by molar-refractivity contribution is 7.99. The van der Waals surface area contributed by atoms with E-state index in [1.807, 2.05) is 79.9 Å². The predicted molar refractivity (Wildman–Crippen MR) is 122 cm³/mol. The van der Waals surface area contributed by atoms with E-state index in [9.17, 15) is 4.79 Å². The maximum absolute atomic E-state index is 12.3. The highest BCUT2D eigenvalue weighted by atomic mass is 32.2. The maximum atomic E-state index is 12.3. The van der Waals surface area contributed by atoms with Crippen LogP contribution < -0.4 is 14.8 Å². The first-order valence-corrected chi connectivity index (χ1v) is 11.2. The maximum Gasteiger partial charge on any atom is 0.230 e. The van der Waals surface area contributed by atoms with Crippen molar-refractivity contribution in [2.75, 3.05) is 12.9 Å². The van der Waals surface area contributed by atoms with Crippen LogP contribution in [0.15, 0.2) is 59.8 Å². The number of nitrogens with one attached hydrogen (secondary N) is 1. The van der Waals surface area contributed by atoms with Crippen LogP contribution in [0.5, 0.6) is 11.5 Å². The Morgan fingerprint density at radius 1 is 1.06 bits per heavy atom. The molecule has 1 aromatic heterocycles. The second-order valence-corrected chi connectivity index (χ2v) is 8.03. The summed E-state index contributed by atoms with van der Waals surface area (Å²) < 4.78 is 13.5. The van der Waals surface area contributed by atoms with Gasteiger partial charge >= 0.3 is 0 Å². The lowest BCUT2D eigenvalue weighted by atomic mass is 10.3. The minimum Gasteiger partial charge on any atom is -0.493 e. The Morgan fingerprint density at radius 3 is 2.42 bits per heavy atom. The molecule has 7 nitrogen and oxygen atoms in total. The number of nitrogens with zero attached hydrogens (tertiary/aromatic N) is 3. The molecule has 8 heteroatoms. The molecule has 0 aliphatic carbocycles. The normalized spacial score (nSPS) is 12.8. The number of methoxy groups -OCH3 is 1. The fourth-order valence-corrected chi connectivity index (χ4v) is 3.74. The van der Waals surface area contributed by atoms with Gasteiger partial charge in [0, 0.05) is 11.7 Å². The Balaban J connectivity index is 1.86. The molecule has 0 spiro atoms. The highest BCUT2D eigenvalue weighted by Gasteiger charge is 2.22. The van der Waals surface area contributed by atoms with Crippen LogP contribution in [0, 0.1) is 0 Å². The number of carbonyl (C=O) groups excluding carboxylic acids is 1. The number of thioether (sulfide) groups is 1. The van der Waals surface area contributed by atoms with E-state index >= 15 is 0 Å². The molecule has 2 unspecified atom stereocenters. The summed E-state index contributed by atoms with van der Waals surface area (Å²) >= 11 is 1.35. The van der Waals surface area contributed by atoms with Crippen molar-refractivity contribution in [1.82, 2.24) is 20.1 Å². The standard InChI is InChI=1S/C23H28N4O3S/c1-5-16(2)24-21(28)15-31-23-26-25-22(27(23)18-11-7-6-8-12-18)17(3)30-20-14-10-9-13-19(20)29-4/h6-14,16-17H,5,15H2,1-4H3,(H,24,28). The topological polar surface area (TPSA) is 78.3 Å². The number of carbonyl (C=O) groups is 1. The lowest BCUT2D eigenvalue weighted by Crippen LogP contribution is -2.33. The monoisotopic (exact) mass is 440 g/mol. The first-order valence-electron chi connectivity index (χ1n) is 10.3. The first kappa shape index (κ1) is 22.7. The fraction of sp³-hybridized carbons (Fsp3) is 0.348. The van der Waals surface area contributed by atoms with Crippen molar-refractivity contribution in [3.63, 3.8) is 0 Å². The number of benzene rings is 2. The van der Waals surface area contributed by atoms with Crippen LogP contribution >= 0.6 is 11.8 Å². The van der Waals surface area contributed by atoms with Gasteiger partial charge in [-0.05, 0) is 44.5 Å². The fourth-order valence-electron chi connectivity index (χ4n) is 2.97. The van der Waals surface area contributed by atoms with Crippen LogP contribution in [0.4, 0.5) is 0 Å². The summed E-state index contributed by atoms with van der Waals surface area (Å²) in [6.07, 6.45) is 0.491. The van der Waals surface area contributed by atoms with Crippen LogP contribution in [-0.4, -0.2) is 39.6 Å². The van der Waals surface area contributed by atoms with E-state index in [1.54, 1.807) is 7.11 Å². The van der Waals surface area contributed by atoms with Gasteiger partial charge in [-0.15, -0.1) is 10.2 Å². The van der Waals surface area contributed by atoms with Crippen LogP contribution in [0.1, 0.15) is 39.1 Å². The molecule has 0 aliphatic heterocycles. The number of hydrogen-bond acceptors (Lipinski definition) is 6. The molecule has 0 saturated carbocycles. The quantitative estimate of drug-likeness (QED) is 0.470. The molecule has 2 aromatic carbocycles. The smallest absolute Gasteiger partial charge is 0.230 e.